The number of benzene rings is 1. The Bertz CT molecular complexity index is 470. The topological polar surface area (TPSA) is 69.6 Å². The number of hydrogen-bond donors (Lipinski definition) is 2. The Morgan fingerprint density at radius 1 is 1.37 bits per heavy atom. The molecule has 0 radical (unpaired) electrons. The third-order valence-electron chi connectivity index (χ3n) is 3.45. The molecule has 1 heterocycles. The summed E-state index contributed by atoms with van der Waals surface area (Å²) in [5.74, 6) is 0.0766. The smallest absolute Gasteiger partial charge is 0.237 e. The molecule has 0 spiro atoms. The fourth-order valence-electron chi connectivity index (χ4n) is 2.40. The molecule has 1 unspecified atom stereocenters. The van der Waals surface area contributed by atoms with E-state index in [-0.39, 0.29) is 30.0 Å². The molecule has 19 heavy (non-hydrogen) atoms. The summed E-state index contributed by atoms with van der Waals surface area (Å²) in [4.78, 5) is 25.7. The molecule has 1 aromatic carbocycles. The van der Waals surface area contributed by atoms with Crippen LogP contribution in [0.1, 0.15) is 23.2 Å². The molecule has 2 N–H and O–H groups in total. The number of likely N-dealkylation sites (N-methyl/N-ethyl adjacent to an activating group) is 1. The first-order chi connectivity index (χ1) is 9.11. The van der Waals surface area contributed by atoms with E-state index in [0.717, 1.165) is 19.4 Å². The summed E-state index contributed by atoms with van der Waals surface area (Å²) in [6, 6.07) is 5.98. The zero-order valence-electron chi connectivity index (χ0n) is 10.9. The van der Waals surface area contributed by atoms with E-state index in [2.05, 4.69) is 5.32 Å². The van der Waals surface area contributed by atoms with Crippen LogP contribution in [0.25, 0.3) is 0 Å². The molecule has 5 heteroatoms. The summed E-state index contributed by atoms with van der Waals surface area (Å²) in [5.41, 5.74) is 0.556. The van der Waals surface area contributed by atoms with Crippen LogP contribution in [0.5, 0.6) is 5.75 Å². The number of rotatable bonds is 4. The molecule has 1 fully saturated rings. The fourth-order valence-corrected chi connectivity index (χ4v) is 2.40. The third-order valence-corrected chi connectivity index (χ3v) is 3.45. The molecule has 0 saturated carbocycles. The van der Waals surface area contributed by atoms with Crippen LogP contribution in [0.2, 0.25) is 0 Å². The van der Waals surface area contributed by atoms with Gasteiger partial charge >= 0.3 is 0 Å². The Morgan fingerprint density at radius 3 is 2.68 bits per heavy atom. The van der Waals surface area contributed by atoms with Crippen molar-refractivity contribution in [2.24, 2.45) is 0 Å². The largest absolute Gasteiger partial charge is 0.508 e. The number of amides is 1. The first-order valence-electron chi connectivity index (χ1n) is 6.39. The van der Waals surface area contributed by atoms with Crippen molar-refractivity contribution in [2.45, 2.75) is 18.9 Å². The van der Waals surface area contributed by atoms with Crippen molar-refractivity contribution in [3.05, 3.63) is 29.8 Å². The van der Waals surface area contributed by atoms with Crippen LogP contribution in [-0.2, 0) is 4.79 Å². The van der Waals surface area contributed by atoms with E-state index in [1.54, 1.807) is 19.2 Å². The van der Waals surface area contributed by atoms with Crippen molar-refractivity contribution < 1.29 is 14.7 Å². The highest BCUT2D eigenvalue weighted by atomic mass is 16.3. The van der Waals surface area contributed by atoms with Gasteiger partial charge in [-0.2, -0.15) is 0 Å². The Hall–Kier alpha value is -1.88. The van der Waals surface area contributed by atoms with Crippen molar-refractivity contribution in [1.29, 1.82) is 0 Å². The number of carbonyl (C=O) groups excluding carboxylic acids is 2. The number of ketones is 1. The quantitative estimate of drug-likeness (QED) is 0.787. The van der Waals surface area contributed by atoms with Crippen LogP contribution in [0.3, 0.4) is 0 Å². The Kier molecular flexibility index (Phi) is 4.16. The second-order valence-electron chi connectivity index (χ2n) is 4.71. The Morgan fingerprint density at radius 2 is 2.05 bits per heavy atom. The molecule has 0 aromatic heterocycles. The molecule has 0 aliphatic carbocycles. The lowest BCUT2D eigenvalue weighted by Crippen LogP contribution is -2.43. The maximum atomic E-state index is 12.1. The van der Waals surface area contributed by atoms with Gasteiger partial charge in [0.05, 0.1) is 12.6 Å². The van der Waals surface area contributed by atoms with Crippen LogP contribution in [0, 0.1) is 0 Å². The molecule has 1 aliphatic heterocycles. The number of Topliss-reactive ketones (excluding diaryl/α,β-unsaturated/α-hetero) is 1. The Labute approximate surface area is 112 Å². The van der Waals surface area contributed by atoms with Crippen LogP contribution in [0.4, 0.5) is 0 Å². The molecule has 1 aromatic rings. The number of nitrogens with zero attached hydrogens (tertiary/aromatic N) is 1. The van der Waals surface area contributed by atoms with Crippen molar-refractivity contribution >= 4 is 11.7 Å². The molecular weight excluding hydrogens is 244 g/mol. The third kappa shape index (κ3) is 3.12. The average Bonchev–Trinajstić information content (AvgIpc) is 2.86. The minimum Gasteiger partial charge on any atom is -0.508 e. The Balaban J connectivity index is 2.02. The molecule has 0 bridgehead atoms. The van der Waals surface area contributed by atoms with Crippen molar-refractivity contribution in [3.8, 4) is 5.75 Å². The summed E-state index contributed by atoms with van der Waals surface area (Å²) in [6.07, 6.45) is 1.73. The predicted octanol–water partition coefficient (Wildman–Crippen LogP) is 0.785. The normalized spacial score (nSPS) is 19.3. The van der Waals surface area contributed by atoms with Crippen LogP contribution >= 0.6 is 0 Å². The zero-order valence-corrected chi connectivity index (χ0v) is 10.9. The number of nitrogens with one attached hydrogen (secondary N) is 1. The SMILES string of the molecule is CNC(=O)C1CCCN1CC(=O)c1ccc(O)cc1. The van der Waals surface area contributed by atoms with Gasteiger partial charge in [0.15, 0.2) is 5.78 Å². The molecule has 1 atom stereocenters. The minimum atomic E-state index is -0.203. The summed E-state index contributed by atoms with van der Waals surface area (Å²) < 4.78 is 0. The fraction of sp³-hybridized carbons (Fsp3) is 0.429. The zero-order chi connectivity index (χ0) is 13.8. The van der Waals surface area contributed by atoms with E-state index < -0.39 is 0 Å². The molecule has 2 rings (SSSR count). The van der Waals surface area contributed by atoms with Crippen LogP contribution < -0.4 is 5.32 Å². The summed E-state index contributed by atoms with van der Waals surface area (Å²) in [7, 11) is 1.61. The maximum absolute atomic E-state index is 12.1. The van der Waals surface area contributed by atoms with Gasteiger partial charge in [-0.3, -0.25) is 14.5 Å². The lowest BCUT2D eigenvalue weighted by molar-refractivity contribution is -0.124. The van der Waals surface area contributed by atoms with Gasteiger partial charge in [-0.25, -0.2) is 0 Å². The van der Waals surface area contributed by atoms with E-state index in [1.807, 2.05) is 4.90 Å². The van der Waals surface area contributed by atoms with E-state index in [9.17, 15) is 14.7 Å². The molecular formula is C14H18N2O3. The lowest BCUT2D eigenvalue weighted by Gasteiger charge is -2.22. The second kappa shape index (κ2) is 5.84. The van der Waals surface area contributed by atoms with Gasteiger partial charge in [-0.05, 0) is 43.7 Å². The van der Waals surface area contributed by atoms with Gasteiger partial charge in [0.1, 0.15) is 5.75 Å². The maximum Gasteiger partial charge on any atom is 0.237 e. The molecule has 1 amide bonds. The van der Waals surface area contributed by atoms with Crippen LogP contribution in [-0.4, -0.2) is 47.9 Å². The lowest BCUT2D eigenvalue weighted by atomic mass is 10.1. The van der Waals surface area contributed by atoms with Crippen LogP contribution in [0.15, 0.2) is 24.3 Å². The van der Waals surface area contributed by atoms with Crippen molar-refractivity contribution in [2.75, 3.05) is 20.1 Å². The highest BCUT2D eigenvalue weighted by Crippen LogP contribution is 2.18. The summed E-state index contributed by atoms with van der Waals surface area (Å²) in [6.45, 7) is 1.00. The monoisotopic (exact) mass is 262 g/mol. The number of carbonyl (C=O) groups is 2. The first kappa shape index (κ1) is 13.5. The molecule has 102 valence electrons. The highest BCUT2D eigenvalue weighted by Gasteiger charge is 2.31. The first-order valence-corrected chi connectivity index (χ1v) is 6.39. The van der Waals surface area contributed by atoms with Gasteiger partial charge < -0.3 is 10.4 Å². The highest BCUT2D eigenvalue weighted by molar-refractivity contribution is 5.98. The van der Waals surface area contributed by atoms with Gasteiger partial charge in [0.2, 0.25) is 5.91 Å². The van der Waals surface area contributed by atoms with Gasteiger partial charge in [0.25, 0.3) is 0 Å². The van der Waals surface area contributed by atoms with Gasteiger partial charge in [0, 0.05) is 12.6 Å². The molecule has 1 aliphatic rings. The predicted molar refractivity (Wildman–Crippen MR) is 71.1 cm³/mol. The molecule has 5 nitrogen and oxygen atoms in total. The van der Waals surface area contributed by atoms with Crippen molar-refractivity contribution in [3.63, 3.8) is 0 Å². The number of phenolic OH excluding ortho intramolecular Hbond substituents is 1. The van der Waals surface area contributed by atoms with E-state index in [4.69, 9.17) is 0 Å². The van der Waals surface area contributed by atoms with Crippen molar-refractivity contribution in [1.82, 2.24) is 10.2 Å². The average molecular weight is 262 g/mol. The summed E-state index contributed by atoms with van der Waals surface area (Å²) >= 11 is 0. The van der Waals surface area contributed by atoms with E-state index >= 15 is 0 Å². The summed E-state index contributed by atoms with van der Waals surface area (Å²) in [5, 5.41) is 11.8. The number of likely N-dealkylation sites (tertiary alicyclic amines) is 1. The van der Waals surface area contributed by atoms with Gasteiger partial charge in [-0.1, -0.05) is 0 Å². The second-order valence-corrected chi connectivity index (χ2v) is 4.71. The number of aromatic hydroxyl groups is 1. The van der Waals surface area contributed by atoms with E-state index in [1.165, 1.54) is 12.1 Å². The minimum absolute atomic E-state index is 0.0315. The van der Waals surface area contributed by atoms with Gasteiger partial charge in [-0.15, -0.1) is 0 Å². The molecule has 1 saturated heterocycles. The standard InChI is InChI=1S/C14H18N2O3/c1-15-14(19)12-3-2-8-16(12)9-13(18)10-4-6-11(17)7-5-10/h4-7,12,17H,2-3,8-9H2,1H3,(H,15,19). The van der Waals surface area contributed by atoms with E-state index in [0.29, 0.717) is 5.56 Å². The number of phenols is 1. The number of hydrogen-bond acceptors (Lipinski definition) is 4.